The minimum Gasteiger partial charge on any atom is -0.398 e. The van der Waals surface area contributed by atoms with Gasteiger partial charge in [0.25, 0.3) is 0 Å². The Bertz CT molecular complexity index is 335. The van der Waals surface area contributed by atoms with Crippen molar-refractivity contribution in [3.63, 3.8) is 0 Å². The molecule has 1 saturated heterocycles. The van der Waals surface area contributed by atoms with Crippen molar-refractivity contribution in [3.05, 3.63) is 29.8 Å². The molecule has 15 heavy (non-hydrogen) atoms. The van der Waals surface area contributed by atoms with E-state index in [0.29, 0.717) is 12.1 Å². The van der Waals surface area contributed by atoms with Crippen LogP contribution in [-0.2, 0) is 9.47 Å². The molecule has 2 rings (SSSR count). The van der Waals surface area contributed by atoms with Crippen LogP contribution in [0.2, 0.25) is 0 Å². The van der Waals surface area contributed by atoms with Crippen molar-refractivity contribution in [2.24, 2.45) is 11.5 Å². The zero-order valence-electron chi connectivity index (χ0n) is 8.30. The highest BCUT2D eigenvalue weighted by Gasteiger charge is 2.27. The van der Waals surface area contributed by atoms with Gasteiger partial charge in [0.2, 0.25) is 6.41 Å². The van der Waals surface area contributed by atoms with E-state index in [9.17, 15) is 0 Å². The minimum absolute atomic E-state index is 0.190. The lowest BCUT2D eigenvalue weighted by Gasteiger charge is -2.32. The fourth-order valence-corrected chi connectivity index (χ4v) is 1.69. The number of benzene rings is 1. The van der Waals surface area contributed by atoms with Gasteiger partial charge in [0.1, 0.15) is 6.23 Å². The third-order valence-electron chi connectivity index (χ3n) is 2.40. The van der Waals surface area contributed by atoms with Crippen molar-refractivity contribution in [3.8, 4) is 0 Å². The van der Waals surface area contributed by atoms with Gasteiger partial charge in [-0.05, 0) is 6.07 Å². The molecule has 0 bridgehead atoms. The number of para-hydroxylation sites is 1. The molecule has 1 aromatic carbocycles. The number of nitrogen functional groups attached to an aromatic ring is 1. The molecule has 3 atom stereocenters. The van der Waals surface area contributed by atoms with Crippen LogP contribution in [-0.4, -0.2) is 12.6 Å². The standard InChI is InChI=1S/C10H15N3O2/c11-7-4-2-1-3-6(7)8-5-9(12)15-10(13)14-8/h1-4,8-10H,5,11-13H2. The molecular weight excluding hydrogens is 194 g/mol. The average molecular weight is 209 g/mol. The van der Waals surface area contributed by atoms with E-state index in [-0.39, 0.29) is 6.10 Å². The lowest BCUT2D eigenvalue weighted by molar-refractivity contribution is -0.240. The van der Waals surface area contributed by atoms with Crippen molar-refractivity contribution >= 4 is 5.69 Å². The maximum absolute atomic E-state index is 5.84. The lowest BCUT2D eigenvalue weighted by atomic mass is 10.0. The fourth-order valence-electron chi connectivity index (χ4n) is 1.69. The van der Waals surface area contributed by atoms with E-state index < -0.39 is 12.6 Å². The van der Waals surface area contributed by atoms with E-state index in [1.165, 1.54) is 0 Å². The third kappa shape index (κ3) is 2.27. The molecule has 0 amide bonds. The first-order chi connectivity index (χ1) is 7.16. The second-order valence-electron chi connectivity index (χ2n) is 3.53. The highest BCUT2D eigenvalue weighted by Crippen LogP contribution is 2.31. The molecule has 1 aliphatic rings. The molecule has 0 radical (unpaired) electrons. The minimum atomic E-state index is -0.779. The summed E-state index contributed by atoms with van der Waals surface area (Å²) in [6.07, 6.45) is -0.816. The molecule has 1 aliphatic heterocycles. The maximum atomic E-state index is 5.84. The molecule has 1 fully saturated rings. The van der Waals surface area contributed by atoms with E-state index >= 15 is 0 Å². The van der Waals surface area contributed by atoms with Crippen LogP contribution in [0.1, 0.15) is 18.1 Å². The van der Waals surface area contributed by atoms with Gasteiger partial charge in [-0.2, -0.15) is 0 Å². The van der Waals surface area contributed by atoms with Gasteiger partial charge < -0.3 is 20.9 Å². The molecule has 82 valence electrons. The molecule has 5 nitrogen and oxygen atoms in total. The number of nitrogens with two attached hydrogens (primary N) is 3. The van der Waals surface area contributed by atoms with E-state index in [0.717, 1.165) is 5.56 Å². The van der Waals surface area contributed by atoms with Crippen LogP contribution in [0, 0.1) is 0 Å². The van der Waals surface area contributed by atoms with Gasteiger partial charge in [-0.25, -0.2) is 0 Å². The molecular formula is C10H15N3O2. The zero-order valence-corrected chi connectivity index (χ0v) is 8.30. The van der Waals surface area contributed by atoms with Crippen molar-refractivity contribution < 1.29 is 9.47 Å². The Morgan fingerprint density at radius 1 is 1.13 bits per heavy atom. The van der Waals surface area contributed by atoms with Gasteiger partial charge in [-0.3, -0.25) is 5.73 Å². The number of hydrogen-bond acceptors (Lipinski definition) is 5. The van der Waals surface area contributed by atoms with Crippen molar-refractivity contribution in [2.45, 2.75) is 25.2 Å². The summed E-state index contributed by atoms with van der Waals surface area (Å²) < 4.78 is 10.5. The second kappa shape index (κ2) is 4.16. The van der Waals surface area contributed by atoms with Crippen molar-refractivity contribution in [2.75, 3.05) is 5.73 Å². The van der Waals surface area contributed by atoms with Crippen LogP contribution in [0.15, 0.2) is 24.3 Å². The van der Waals surface area contributed by atoms with Crippen molar-refractivity contribution in [1.82, 2.24) is 0 Å². The monoisotopic (exact) mass is 209 g/mol. The number of ether oxygens (including phenoxy) is 2. The Balaban J connectivity index is 2.20. The molecule has 0 aromatic heterocycles. The zero-order chi connectivity index (χ0) is 10.8. The summed E-state index contributed by atoms with van der Waals surface area (Å²) >= 11 is 0. The molecule has 6 N–H and O–H groups in total. The number of anilines is 1. The molecule has 1 heterocycles. The van der Waals surface area contributed by atoms with E-state index in [2.05, 4.69) is 0 Å². The Morgan fingerprint density at radius 3 is 2.53 bits per heavy atom. The van der Waals surface area contributed by atoms with Crippen molar-refractivity contribution in [1.29, 1.82) is 0 Å². The summed E-state index contributed by atoms with van der Waals surface area (Å²) in [6.45, 7) is 0. The number of hydrogen-bond donors (Lipinski definition) is 3. The molecule has 0 saturated carbocycles. The van der Waals surface area contributed by atoms with E-state index in [1.54, 1.807) is 0 Å². The smallest absolute Gasteiger partial charge is 0.215 e. The van der Waals surface area contributed by atoms with Crippen LogP contribution in [0.25, 0.3) is 0 Å². The SMILES string of the molecule is Nc1ccccc1C1CC(N)OC(N)O1. The van der Waals surface area contributed by atoms with Gasteiger partial charge in [0.05, 0.1) is 6.10 Å². The summed E-state index contributed by atoms with van der Waals surface area (Å²) in [5.74, 6) is 0. The van der Waals surface area contributed by atoms with Crippen LogP contribution in [0.4, 0.5) is 5.69 Å². The molecule has 1 aromatic rings. The quantitative estimate of drug-likeness (QED) is 0.577. The Morgan fingerprint density at radius 2 is 1.87 bits per heavy atom. The maximum Gasteiger partial charge on any atom is 0.215 e. The topological polar surface area (TPSA) is 96.5 Å². The van der Waals surface area contributed by atoms with Crippen LogP contribution >= 0.6 is 0 Å². The summed E-state index contributed by atoms with van der Waals surface area (Å²) in [7, 11) is 0. The first-order valence-corrected chi connectivity index (χ1v) is 4.83. The molecule has 5 heteroatoms. The van der Waals surface area contributed by atoms with Gasteiger partial charge in [0.15, 0.2) is 0 Å². The third-order valence-corrected chi connectivity index (χ3v) is 2.40. The van der Waals surface area contributed by atoms with E-state index in [4.69, 9.17) is 26.7 Å². The normalized spacial score (nSPS) is 31.5. The van der Waals surface area contributed by atoms with E-state index in [1.807, 2.05) is 24.3 Å². The summed E-state index contributed by atoms with van der Waals surface area (Å²) in [5, 5.41) is 0. The molecule has 0 aliphatic carbocycles. The summed E-state index contributed by atoms with van der Waals surface area (Å²) in [5.41, 5.74) is 18.7. The molecule has 0 spiro atoms. The van der Waals surface area contributed by atoms with Gasteiger partial charge in [-0.15, -0.1) is 0 Å². The Kier molecular flexibility index (Phi) is 2.88. The fraction of sp³-hybridized carbons (Fsp3) is 0.400. The van der Waals surface area contributed by atoms with Gasteiger partial charge in [0, 0.05) is 17.7 Å². The van der Waals surface area contributed by atoms with Crippen LogP contribution in [0.3, 0.4) is 0 Å². The average Bonchev–Trinajstić information content (AvgIpc) is 2.16. The Labute approximate surface area is 88.1 Å². The molecule has 3 unspecified atom stereocenters. The highest BCUT2D eigenvalue weighted by molar-refractivity contribution is 5.47. The summed E-state index contributed by atoms with van der Waals surface area (Å²) in [4.78, 5) is 0. The second-order valence-corrected chi connectivity index (χ2v) is 3.53. The van der Waals surface area contributed by atoms with Gasteiger partial charge in [-0.1, -0.05) is 18.2 Å². The van der Waals surface area contributed by atoms with Crippen LogP contribution < -0.4 is 17.2 Å². The number of rotatable bonds is 1. The Hall–Kier alpha value is -1.14. The largest absolute Gasteiger partial charge is 0.398 e. The van der Waals surface area contributed by atoms with Crippen LogP contribution in [0.5, 0.6) is 0 Å². The highest BCUT2D eigenvalue weighted by atomic mass is 16.7. The van der Waals surface area contributed by atoms with Gasteiger partial charge >= 0.3 is 0 Å². The predicted molar refractivity (Wildman–Crippen MR) is 56.3 cm³/mol. The lowest BCUT2D eigenvalue weighted by Crippen LogP contribution is -2.43. The predicted octanol–water partition coefficient (Wildman–Crippen LogP) is 0.274. The first-order valence-electron chi connectivity index (χ1n) is 4.83. The summed E-state index contributed by atoms with van der Waals surface area (Å²) in [6, 6.07) is 7.51. The first kappa shape index (κ1) is 10.4.